The fourth-order valence-electron chi connectivity index (χ4n) is 3.98. The number of ether oxygens (including phenoxy) is 1. The molecule has 1 saturated heterocycles. The van der Waals surface area contributed by atoms with Crippen LogP contribution in [0.5, 0.6) is 5.75 Å². The SMILES string of the molecule is COc1ccc(N2CCC(NC(=O)/C=C/c3csc(N(C(C)=O)c4ccccc4F)n3)CC2)cc1. The molecule has 0 spiro atoms. The Morgan fingerprint density at radius 2 is 1.89 bits per heavy atom. The number of thiazole rings is 1. The number of hydrogen-bond donors (Lipinski definition) is 1. The van der Waals surface area contributed by atoms with Crippen LogP contribution in [0.1, 0.15) is 25.5 Å². The summed E-state index contributed by atoms with van der Waals surface area (Å²) in [4.78, 5) is 32.6. The van der Waals surface area contributed by atoms with Crippen molar-refractivity contribution in [3.63, 3.8) is 0 Å². The Kier molecular flexibility index (Phi) is 7.77. The monoisotopic (exact) mass is 494 g/mol. The van der Waals surface area contributed by atoms with Crippen LogP contribution in [-0.4, -0.2) is 43.0 Å². The Morgan fingerprint density at radius 3 is 2.54 bits per heavy atom. The molecule has 2 aromatic carbocycles. The lowest BCUT2D eigenvalue weighted by atomic mass is 10.0. The molecule has 0 aliphatic carbocycles. The molecule has 35 heavy (non-hydrogen) atoms. The maximum Gasteiger partial charge on any atom is 0.244 e. The molecule has 1 fully saturated rings. The topological polar surface area (TPSA) is 74.8 Å². The summed E-state index contributed by atoms with van der Waals surface area (Å²) in [6.45, 7) is 3.07. The van der Waals surface area contributed by atoms with Gasteiger partial charge in [0.25, 0.3) is 0 Å². The Bertz CT molecular complexity index is 1200. The second-order valence-corrected chi connectivity index (χ2v) is 9.00. The van der Waals surface area contributed by atoms with E-state index in [1.165, 1.54) is 41.4 Å². The summed E-state index contributed by atoms with van der Waals surface area (Å²) < 4.78 is 19.4. The van der Waals surface area contributed by atoms with Crippen molar-refractivity contribution in [2.45, 2.75) is 25.8 Å². The summed E-state index contributed by atoms with van der Waals surface area (Å²) in [5.74, 6) is -0.220. The van der Waals surface area contributed by atoms with E-state index < -0.39 is 5.82 Å². The number of benzene rings is 2. The van der Waals surface area contributed by atoms with Crippen molar-refractivity contribution >= 4 is 45.7 Å². The van der Waals surface area contributed by atoms with Crippen molar-refractivity contribution in [2.75, 3.05) is 30.0 Å². The number of amides is 2. The van der Waals surface area contributed by atoms with E-state index in [1.807, 2.05) is 24.3 Å². The predicted octanol–water partition coefficient (Wildman–Crippen LogP) is 4.77. The number of rotatable bonds is 7. The smallest absolute Gasteiger partial charge is 0.244 e. The molecule has 0 unspecified atom stereocenters. The Morgan fingerprint density at radius 1 is 1.17 bits per heavy atom. The third-order valence-electron chi connectivity index (χ3n) is 5.79. The molecule has 7 nitrogen and oxygen atoms in total. The standard InChI is InChI=1S/C26H27FN4O3S/c1-18(32)31(24-6-4-3-5-23(24)27)26-29-20(17-35-26)7-12-25(33)28-19-13-15-30(16-14-19)21-8-10-22(34-2)11-9-21/h3-12,17,19H,13-16H2,1-2H3,(H,28,33)/b12-7+. The van der Waals surface area contributed by atoms with Gasteiger partial charge in [-0.1, -0.05) is 12.1 Å². The van der Waals surface area contributed by atoms with Gasteiger partial charge in [-0.15, -0.1) is 11.3 Å². The number of para-hydroxylation sites is 1. The van der Waals surface area contributed by atoms with Gasteiger partial charge in [-0.25, -0.2) is 9.37 Å². The van der Waals surface area contributed by atoms with Crippen molar-refractivity contribution in [1.29, 1.82) is 0 Å². The van der Waals surface area contributed by atoms with Gasteiger partial charge in [-0.3, -0.25) is 14.5 Å². The molecule has 2 amide bonds. The number of aromatic nitrogens is 1. The summed E-state index contributed by atoms with van der Waals surface area (Å²) in [6.07, 6.45) is 4.74. The van der Waals surface area contributed by atoms with E-state index in [4.69, 9.17) is 4.74 Å². The fraction of sp³-hybridized carbons (Fsp3) is 0.269. The summed E-state index contributed by atoms with van der Waals surface area (Å²) in [6, 6.07) is 14.1. The molecule has 2 heterocycles. The molecule has 182 valence electrons. The highest BCUT2D eigenvalue weighted by molar-refractivity contribution is 7.14. The number of methoxy groups -OCH3 is 1. The van der Waals surface area contributed by atoms with E-state index in [9.17, 15) is 14.0 Å². The van der Waals surface area contributed by atoms with Crippen molar-refractivity contribution in [1.82, 2.24) is 10.3 Å². The van der Waals surface area contributed by atoms with E-state index in [2.05, 4.69) is 15.2 Å². The van der Waals surface area contributed by atoms with Crippen LogP contribution in [0.25, 0.3) is 6.08 Å². The molecule has 3 aromatic rings. The zero-order valence-corrected chi connectivity index (χ0v) is 20.4. The summed E-state index contributed by atoms with van der Waals surface area (Å²) in [5.41, 5.74) is 1.81. The number of piperidine rings is 1. The van der Waals surface area contributed by atoms with Gasteiger partial charge in [0.2, 0.25) is 11.8 Å². The maximum absolute atomic E-state index is 14.2. The van der Waals surface area contributed by atoms with Crippen LogP contribution in [0.15, 0.2) is 60.0 Å². The molecule has 4 rings (SSSR count). The van der Waals surface area contributed by atoms with Crippen molar-refractivity contribution in [2.24, 2.45) is 0 Å². The number of carbonyl (C=O) groups is 2. The molecule has 1 aliphatic heterocycles. The van der Waals surface area contributed by atoms with Gasteiger partial charge in [0.1, 0.15) is 11.6 Å². The lowest BCUT2D eigenvalue weighted by Gasteiger charge is -2.33. The van der Waals surface area contributed by atoms with Crippen LogP contribution >= 0.6 is 11.3 Å². The zero-order valence-electron chi connectivity index (χ0n) is 19.6. The first-order valence-corrected chi connectivity index (χ1v) is 12.2. The van der Waals surface area contributed by atoms with Crippen LogP contribution in [0.2, 0.25) is 0 Å². The average molecular weight is 495 g/mol. The van der Waals surface area contributed by atoms with E-state index in [0.717, 1.165) is 37.4 Å². The number of anilines is 3. The largest absolute Gasteiger partial charge is 0.497 e. The molecule has 1 aliphatic rings. The second-order valence-electron chi connectivity index (χ2n) is 8.16. The van der Waals surface area contributed by atoms with Gasteiger partial charge in [0, 0.05) is 43.2 Å². The summed E-state index contributed by atoms with van der Waals surface area (Å²) >= 11 is 1.21. The molecule has 1 N–H and O–H groups in total. The van der Waals surface area contributed by atoms with Crippen LogP contribution in [0.3, 0.4) is 0 Å². The highest BCUT2D eigenvalue weighted by Crippen LogP contribution is 2.31. The third-order valence-corrected chi connectivity index (χ3v) is 6.64. The van der Waals surface area contributed by atoms with Gasteiger partial charge in [-0.05, 0) is 55.3 Å². The average Bonchev–Trinajstić information content (AvgIpc) is 3.33. The Labute approximate surface area is 207 Å². The first-order chi connectivity index (χ1) is 16.9. The molecule has 9 heteroatoms. The Hall–Kier alpha value is -3.72. The van der Waals surface area contributed by atoms with Gasteiger partial charge in [-0.2, -0.15) is 0 Å². The van der Waals surface area contributed by atoms with Crippen LogP contribution in [0.4, 0.5) is 20.9 Å². The minimum Gasteiger partial charge on any atom is -0.497 e. The number of halogens is 1. The number of carbonyl (C=O) groups excluding carboxylic acids is 2. The van der Waals surface area contributed by atoms with E-state index >= 15 is 0 Å². The van der Waals surface area contributed by atoms with Crippen molar-refractivity contribution in [3.05, 3.63) is 71.5 Å². The van der Waals surface area contributed by atoms with E-state index in [1.54, 1.807) is 30.7 Å². The van der Waals surface area contributed by atoms with Gasteiger partial charge >= 0.3 is 0 Å². The third kappa shape index (κ3) is 6.05. The summed E-state index contributed by atoms with van der Waals surface area (Å²) in [5, 5.41) is 5.12. The lowest BCUT2D eigenvalue weighted by molar-refractivity contribution is -0.117. The molecule has 0 atom stereocenters. The number of nitrogens with one attached hydrogen (secondary N) is 1. The molecule has 0 radical (unpaired) electrons. The van der Waals surface area contributed by atoms with Crippen LogP contribution in [0, 0.1) is 5.82 Å². The fourth-order valence-corrected chi connectivity index (χ4v) is 4.83. The van der Waals surface area contributed by atoms with Crippen molar-refractivity contribution in [3.8, 4) is 5.75 Å². The lowest BCUT2D eigenvalue weighted by Crippen LogP contribution is -2.44. The van der Waals surface area contributed by atoms with Crippen LogP contribution < -0.4 is 19.9 Å². The normalized spacial score (nSPS) is 14.2. The zero-order chi connectivity index (χ0) is 24.8. The minimum atomic E-state index is -0.507. The minimum absolute atomic E-state index is 0.0990. The predicted molar refractivity (Wildman–Crippen MR) is 137 cm³/mol. The molecular weight excluding hydrogens is 467 g/mol. The highest BCUT2D eigenvalue weighted by Gasteiger charge is 2.22. The molecule has 1 aromatic heterocycles. The molecule has 0 bridgehead atoms. The molecular formula is C26H27FN4O3S. The van der Waals surface area contributed by atoms with Gasteiger partial charge < -0.3 is 15.0 Å². The Balaban J connectivity index is 1.32. The first-order valence-electron chi connectivity index (χ1n) is 11.3. The van der Waals surface area contributed by atoms with E-state index in [0.29, 0.717) is 10.8 Å². The van der Waals surface area contributed by atoms with Crippen molar-refractivity contribution < 1.29 is 18.7 Å². The second kappa shape index (κ2) is 11.1. The number of hydrogen-bond acceptors (Lipinski definition) is 6. The van der Waals surface area contributed by atoms with Gasteiger partial charge in [0.15, 0.2) is 5.13 Å². The van der Waals surface area contributed by atoms with E-state index in [-0.39, 0.29) is 23.5 Å². The molecule has 0 saturated carbocycles. The highest BCUT2D eigenvalue weighted by atomic mass is 32.1. The van der Waals surface area contributed by atoms with Gasteiger partial charge in [0.05, 0.1) is 18.5 Å². The first kappa shape index (κ1) is 24.4. The number of nitrogens with zero attached hydrogens (tertiary/aromatic N) is 3. The van der Waals surface area contributed by atoms with Crippen LogP contribution in [-0.2, 0) is 9.59 Å². The maximum atomic E-state index is 14.2. The summed E-state index contributed by atoms with van der Waals surface area (Å²) in [7, 11) is 1.65. The quantitative estimate of drug-likeness (QED) is 0.479.